The average molecular weight is 416 g/mol. The maximum Gasteiger partial charge on any atom is 0.192 e. The summed E-state index contributed by atoms with van der Waals surface area (Å²) in [6.07, 6.45) is 11.9. The first-order valence-electron chi connectivity index (χ1n) is 10.2. The van der Waals surface area contributed by atoms with E-state index in [2.05, 4.69) is 32.7 Å². The first-order chi connectivity index (χ1) is 15.2. The van der Waals surface area contributed by atoms with Gasteiger partial charge in [0.05, 0.1) is 26.1 Å². The maximum absolute atomic E-state index is 8.52. The number of H-pyrrole nitrogens is 1. The number of ether oxygens (including phenoxy) is 2. The zero-order valence-electron chi connectivity index (χ0n) is 17.4. The Labute approximate surface area is 180 Å². The number of allylic oxidation sites excluding steroid dienone is 2. The lowest BCUT2D eigenvalue weighted by atomic mass is 10.00. The summed E-state index contributed by atoms with van der Waals surface area (Å²) in [5, 5.41) is 19.2. The Balaban J connectivity index is 1.43. The van der Waals surface area contributed by atoms with Crippen LogP contribution in [0.15, 0.2) is 65.7 Å². The van der Waals surface area contributed by atoms with Gasteiger partial charge in [-0.2, -0.15) is 10.1 Å². The molecule has 1 fully saturated rings. The topological polar surface area (TPSA) is 98.6 Å². The van der Waals surface area contributed by atoms with Gasteiger partial charge in [-0.1, -0.05) is 6.08 Å². The highest BCUT2D eigenvalue weighted by atomic mass is 16.5. The van der Waals surface area contributed by atoms with Crippen LogP contribution in [-0.4, -0.2) is 47.2 Å². The highest BCUT2D eigenvalue weighted by Gasteiger charge is 2.32. The lowest BCUT2D eigenvalue weighted by Gasteiger charge is -2.27. The Kier molecular flexibility index (Phi) is 4.82. The van der Waals surface area contributed by atoms with Gasteiger partial charge in [0.25, 0.3) is 0 Å². The van der Waals surface area contributed by atoms with Gasteiger partial charge in [0.2, 0.25) is 0 Å². The van der Waals surface area contributed by atoms with Crippen molar-refractivity contribution in [2.45, 2.75) is 19.0 Å². The Bertz CT molecular complexity index is 1120. The van der Waals surface area contributed by atoms with E-state index in [4.69, 9.17) is 14.9 Å². The van der Waals surface area contributed by atoms with E-state index in [0.717, 1.165) is 41.0 Å². The lowest BCUT2D eigenvalue weighted by molar-refractivity contribution is 0.386. The van der Waals surface area contributed by atoms with Crippen LogP contribution >= 0.6 is 0 Å². The van der Waals surface area contributed by atoms with Crippen molar-refractivity contribution in [3.8, 4) is 17.0 Å². The third-order valence-corrected chi connectivity index (χ3v) is 5.63. The van der Waals surface area contributed by atoms with Crippen molar-refractivity contribution in [3.63, 3.8) is 0 Å². The number of nitrogens with zero attached hydrogens (tertiary/aromatic N) is 3. The molecule has 3 heterocycles. The fourth-order valence-corrected chi connectivity index (χ4v) is 3.79. The quantitative estimate of drug-likeness (QED) is 0.512. The lowest BCUT2D eigenvalue weighted by Crippen LogP contribution is -2.34. The van der Waals surface area contributed by atoms with Gasteiger partial charge in [-0.3, -0.25) is 10.5 Å². The molecule has 1 unspecified atom stereocenters. The summed E-state index contributed by atoms with van der Waals surface area (Å²) in [6, 6.07) is 7.86. The molecule has 1 aromatic carbocycles. The molecule has 1 aliphatic carbocycles. The minimum atomic E-state index is -0.0439. The number of rotatable bonds is 5. The van der Waals surface area contributed by atoms with Crippen LogP contribution in [0.5, 0.6) is 5.75 Å². The molecule has 3 N–H and O–H groups in total. The number of methoxy groups -OCH3 is 2. The Morgan fingerprint density at radius 3 is 2.74 bits per heavy atom. The van der Waals surface area contributed by atoms with E-state index in [9.17, 15) is 0 Å². The third-order valence-electron chi connectivity index (χ3n) is 5.63. The van der Waals surface area contributed by atoms with Gasteiger partial charge in [0.1, 0.15) is 17.6 Å². The number of hydrogen-bond acceptors (Lipinski definition) is 6. The predicted molar refractivity (Wildman–Crippen MR) is 119 cm³/mol. The average Bonchev–Trinajstić information content (AvgIpc) is 3.37. The van der Waals surface area contributed by atoms with Crippen molar-refractivity contribution in [1.29, 1.82) is 5.41 Å². The monoisotopic (exact) mass is 416 g/mol. The van der Waals surface area contributed by atoms with E-state index in [1.54, 1.807) is 14.2 Å². The molecule has 2 aliphatic heterocycles. The molecular formula is C23H24N6O2. The highest BCUT2D eigenvalue weighted by Crippen LogP contribution is 2.34. The summed E-state index contributed by atoms with van der Waals surface area (Å²) < 4.78 is 10.7. The second-order valence-electron chi connectivity index (χ2n) is 7.66. The molecule has 158 valence electrons. The maximum atomic E-state index is 8.52. The number of aromatic amines is 1. The molecule has 1 saturated carbocycles. The molecular weight excluding hydrogens is 392 g/mol. The number of hydrogen-bond donors (Lipinski definition) is 3. The van der Waals surface area contributed by atoms with Crippen LogP contribution in [0.25, 0.3) is 16.8 Å². The normalized spacial score (nSPS) is 20.0. The number of aromatic nitrogens is 2. The minimum Gasteiger partial charge on any atom is -0.497 e. The van der Waals surface area contributed by atoms with E-state index in [-0.39, 0.29) is 12.0 Å². The molecule has 0 saturated heterocycles. The molecule has 1 aromatic heterocycles. The summed E-state index contributed by atoms with van der Waals surface area (Å²) in [7, 11) is 3.28. The number of benzene rings is 1. The SMILES string of the molecule is COC(=NC(=N)C1=CNC2C=CC(c3cn[nH]c3-c3ccc(OC)cc3)=CN12)C1CC1. The van der Waals surface area contributed by atoms with Crippen LogP contribution in [-0.2, 0) is 4.74 Å². The Hall–Kier alpha value is -3.81. The Morgan fingerprint density at radius 1 is 1.23 bits per heavy atom. The fraction of sp³-hybridized carbons (Fsp3) is 0.261. The van der Waals surface area contributed by atoms with E-state index >= 15 is 0 Å². The third kappa shape index (κ3) is 3.61. The molecule has 0 bridgehead atoms. The van der Waals surface area contributed by atoms with E-state index in [1.807, 2.05) is 47.8 Å². The predicted octanol–water partition coefficient (Wildman–Crippen LogP) is 3.50. The first kappa shape index (κ1) is 19.2. The van der Waals surface area contributed by atoms with Crippen LogP contribution in [0.3, 0.4) is 0 Å². The summed E-state index contributed by atoms with van der Waals surface area (Å²) in [4.78, 5) is 6.46. The van der Waals surface area contributed by atoms with Gasteiger partial charge in [-0.05, 0) is 43.2 Å². The number of nitrogens with one attached hydrogen (secondary N) is 3. The van der Waals surface area contributed by atoms with E-state index in [0.29, 0.717) is 17.5 Å². The number of fused-ring (bicyclic) bond motifs is 1. The molecule has 1 atom stereocenters. The Morgan fingerprint density at radius 2 is 2.03 bits per heavy atom. The van der Waals surface area contributed by atoms with Crippen molar-refractivity contribution < 1.29 is 9.47 Å². The molecule has 2 aromatic rings. The highest BCUT2D eigenvalue weighted by molar-refractivity contribution is 6.04. The molecule has 5 rings (SSSR count). The van der Waals surface area contributed by atoms with Crippen LogP contribution in [0.4, 0.5) is 0 Å². The molecule has 3 aliphatic rings. The molecule has 0 amide bonds. The first-order valence-corrected chi connectivity index (χ1v) is 10.2. The smallest absolute Gasteiger partial charge is 0.192 e. The zero-order valence-corrected chi connectivity index (χ0v) is 17.4. The van der Waals surface area contributed by atoms with Crippen molar-refractivity contribution in [2.75, 3.05) is 14.2 Å². The summed E-state index contributed by atoms with van der Waals surface area (Å²) >= 11 is 0. The van der Waals surface area contributed by atoms with Gasteiger partial charge in [-0.25, -0.2) is 0 Å². The van der Waals surface area contributed by atoms with E-state index in [1.165, 1.54) is 0 Å². The van der Waals surface area contributed by atoms with Crippen molar-refractivity contribution in [2.24, 2.45) is 10.9 Å². The summed E-state index contributed by atoms with van der Waals surface area (Å²) in [5.74, 6) is 1.99. The van der Waals surface area contributed by atoms with Crippen molar-refractivity contribution in [3.05, 3.63) is 66.3 Å². The van der Waals surface area contributed by atoms with Gasteiger partial charge in [0, 0.05) is 35.0 Å². The van der Waals surface area contributed by atoms with Crippen LogP contribution in [0, 0.1) is 11.3 Å². The molecule has 0 radical (unpaired) electrons. The van der Waals surface area contributed by atoms with Gasteiger partial charge >= 0.3 is 0 Å². The zero-order chi connectivity index (χ0) is 21.4. The van der Waals surface area contributed by atoms with Gasteiger partial charge < -0.3 is 19.7 Å². The van der Waals surface area contributed by atoms with Crippen molar-refractivity contribution >= 4 is 17.3 Å². The largest absolute Gasteiger partial charge is 0.497 e. The standard InChI is InChI=1S/C23H24N6O2/c1-30-17-8-5-14(6-9-17)21-18(11-26-28-21)16-7-10-20-25-12-19(29(20)13-16)22(24)27-23(31-2)15-3-4-15/h5-13,15,20,24-25H,3-4H2,1-2H3,(H,26,28). The molecule has 31 heavy (non-hydrogen) atoms. The molecule has 8 heteroatoms. The molecule has 8 nitrogen and oxygen atoms in total. The molecule has 0 spiro atoms. The fourth-order valence-electron chi connectivity index (χ4n) is 3.79. The van der Waals surface area contributed by atoms with Crippen LogP contribution in [0.2, 0.25) is 0 Å². The van der Waals surface area contributed by atoms with Gasteiger partial charge in [0.15, 0.2) is 11.7 Å². The minimum absolute atomic E-state index is 0.0439. The second-order valence-corrected chi connectivity index (χ2v) is 7.66. The van der Waals surface area contributed by atoms with Crippen molar-refractivity contribution in [1.82, 2.24) is 20.4 Å². The van der Waals surface area contributed by atoms with Gasteiger partial charge in [-0.15, -0.1) is 0 Å². The second kappa shape index (κ2) is 7.79. The summed E-state index contributed by atoms with van der Waals surface area (Å²) in [6.45, 7) is 0. The van der Waals surface area contributed by atoms with Crippen LogP contribution in [0.1, 0.15) is 18.4 Å². The van der Waals surface area contributed by atoms with E-state index < -0.39 is 0 Å². The number of amidine groups is 1. The summed E-state index contributed by atoms with van der Waals surface area (Å²) in [5.41, 5.74) is 4.63. The number of aliphatic imine (C=N–C) groups is 1. The van der Waals surface area contributed by atoms with Crippen LogP contribution < -0.4 is 10.1 Å².